The minimum absolute atomic E-state index is 0.476. The van der Waals surface area contributed by atoms with Gasteiger partial charge < -0.3 is 0 Å². The topological polar surface area (TPSA) is 0 Å². The van der Waals surface area contributed by atoms with Gasteiger partial charge in [0.15, 0.2) is 0 Å². The maximum Gasteiger partial charge on any atom is 0.0785 e. The highest BCUT2D eigenvalue weighted by Crippen LogP contribution is 2.27. The highest BCUT2D eigenvalue weighted by molar-refractivity contribution is 6.20. The van der Waals surface area contributed by atoms with E-state index in [9.17, 15) is 4.39 Å². The molecule has 0 amide bonds. The van der Waals surface area contributed by atoms with Crippen LogP contribution in [0.1, 0.15) is 32.6 Å². The van der Waals surface area contributed by atoms with Crippen LogP contribution in [0.25, 0.3) is 0 Å². The predicted octanol–water partition coefficient (Wildman–Crippen LogP) is 3.39. The van der Waals surface area contributed by atoms with Gasteiger partial charge in [-0.3, -0.25) is 4.39 Å². The first kappa shape index (κ1) is 10.2. The highest BCUT2D eigenvalue weighted by atomic mass is 35.5. The Morgan fingerprint density at radius 2 is 1.70 bits per heavy atom. The van der Waals surface area contributed by atoms with Gasteiger partial charge in [0.25, 0.3) is 0 Å². The zero-order chi connectivity index (χ0) is 7.98. The van der Waals surface area contributed by atoms with Crippen LogP contribution in [0, 0.1) is 5.92 Å². The quantitative estimate of drug-likeness (QED) is 0.484. The molecule has 0 heterocycles. The van der Waals surface area contributed by atoms with Crippen LogP contribution < -0.4 is 0 Å². The first-order valence-corrected chi connectivity index (χ1v) is 4.26. The van der Waals surface area contributed by atoms with E-state index < -0.39 is 0 Å². The van der Waals surface area contributed by atoms with Gasteiger partial charge in [0.1, 0.15) is 0 Å². The van der Waals surface area contributed by atoms with Gasteiger partial charge in [0.05, 0.1) is 7.18 Å². The molecule has 1 fully saturated rings. The van der Waals surface area contributed by atoms with E-state index in [1.807, 2.05) is 0 Å². The van der Waals surface area contributed by atoms with E-state index >= 15 is 0 Å². The van der Waals surface area contributed by atoms with Crippen molar-refractivity contribution in [1.29, 1.82) is 0 Å². The van der Waals surface area contributed by atoms with Crippen molar-refractivity contribution in [2.45, 2.75) is 38.0 Å². The summed E-state index contributed by atoms with van der Waals surface area (Å²) in [6.07, 6.45) is 5.32. The van der Waals surface area contributed by atoms with Gasteiger partial charge in [-0.2, -0.15) is 0 Å². The summed E-state index contributed by atoms with van der Waals surface area (Å²) in [6.45, 7) is 2.25. The Balaban J connectivity index is 0.000000371. The van der Waals surface area contributed by atoms with Crippen LogP contribution in [0.3, 0.4) is 0 Å². The molecule has 2 heteroatoms. The van der Waals surface area contributed by atoms with Gasteiger partial charge >= 0.3 is 0 Å². The third-order valence-corrected chi connectivity index (χ3v) is 2.66. The third kappa shape index (κ3) is 3.40. The predicted molar refractivity (Wildman–Crippen MR) is 44.3 cm³/mol. The molecule has 0 radical (unpaired) electrons. The lowest BCUT2D eigenvalue weighted by Crippen LogP contribution is -2.15. The zero-order valence-corrected chi connectivity index (χ0v) is 7.49. The lowest BCUT2D eigenvalue weighted by atomic mass is 9.90. The molecule has 0 aromatic heterocycles. The summed E-state index contributed by atoms with van der Waals surface area (Å²) in [4.78, 5) is 0. The van der Waals surface area contributed by atoms with Gasteiger partial charge in [0, 0.05) is 5.38 Å². The average molecular weight is 167 g/mol. The number of halogens is 2. The fourth-order valence-electron chi connectivity index (χ4n) is 1.27. The van der Waals surface area contributed by atoms with Crippen molar-refractivity contribution in [3.05, 3.63) is 0 Å². The van der Waals surface area contributed by atoms with Gasteiger partial charge in [-0.25, -0.2) is 0 Å². The van der Waals surface area contributed by atoms with E-state index in [1.165, 1.54) is 25.7 Å². The molecule has 1 saturated carbocycles. The Morgan fingerprint density at radius 3 is 2.00 bits per heavy atom. The standard InChI is InChI=1S/C7H13Cl.CH3F/c1-6-4-2-3-5-7(6)8;1-2/h6-7H,2-5H2,1H3;1H3. The molecule has 0 aromatic rings. The van der Waals surface area contributed by atoms with Crippen molar-refractivity contribution < 1.29 is 4.39 Å². The Kier molecular flexibility index (Phi) is 6.10. The molecule has 1 aliphatic rings. The minimum atomic E-state index is 0.476. The third-order valence-electron chi connectivity index (χ3n) is 2.01. The second kappa shape index (κ2) is 5.96. The summed E-state index contributed by atoms with van der Waals surface area (Å²) in [6, 6.07) is 0. The first-order valence-electron chi connectivity index (χ1n) is 3.82. The summed E-state index contributed by atoms with van der Waals surface area (Å²) in [5.41, 5.74) is 0. The SMILES string of the molecule is CC1CCCCC1Cl.CF. The molecule has 0 nitrogen and oxygen atoms in total. The Labute approximate surface area is 67.8 Å². The minimum Gasteiger partial charge on any atom is -0.255 e. The van der Waals surface area contributed by atoms with E-state index in [0.29, 0.717) is 12.6 Å². The molecule has 10 heavy (non-hydrogen) atoms. The molecule has 0 aromatic carbocycles. The summed E-state index contributed by atoms with van der Waals surface area (Å²) in [5.74, 6) is 0.769. The van der Waals surface area contributed by atoms with Crippen LogP contribution in [0.4, 0.5) is 4.39 Å². The fourth-order valence-corrected chi connectivity index (χ4v) is 1.55. The summed E-state index contributed by atoms with van der Waals surface area (Å²) in [7, 11) is 0.500. The van der Waals surface area contributed by atoms with Crippen LogP contribution in [-0.2, 0) is 0 Å². The fraction of sp³-hybridized carbons (Fsp3) is 1.00. The molecule has 0 saturated heterocycles. The second-order valence-corrected chi connectivity index (χ2v) is 3.34. The van der Waals surface area contributed by atoms with Crippen molar-refractivity contribution >= 4 is 11.6 Å². The van der Waals surface area contributed by atoms with Crippen LogP contribution in [-0.4, -0.2) is 12.6 Å². The van der Waals surface area contributed by atoms with Gasteiger partial charge in [-0.1, -0.05) is 19.8 Å². The molecule has 0 bridgehead atoms. The average Bonchev–Trinajstić information content (AvgIpc) is 2.00. The summed E-state index contributed by atoms with van der Waals surface area (Å²) >= 11 is 5.97. The van der Waals surface area contributed by atoms with Gasteiger partial charge in [0.2, 0.25) is 0 Å². The molecule has 0 aliphatic heterocycles. The Hall–Kier alpha value is 0.220. The Morgan fingerprint density at radius 1 is 1.20 bits per heavy atom. The lowest BCUT2D eigenvalue weighted by Gasteiger charge is -2.22. The molecule has 2 atom stereocenters. The van der Waals surface area contributed by atoms with Gasteiger partial charge in [-0.15, -0.1) is 11.6 Å². The molecule has 0 spiro atoms. The normalized spacial score (nSPS) is 32.4. The molecular weight excluding hydrogens is 151 g/mol. The number of rotatable bonds is 0. The maximum atomic E-state index is 9.50. The summed E-state index contributed by atoms with van der Waals surface area (Å²) in [5, 5.41) is 0.476. The van der Waals surface area contributed by atoms with Crippen molar-refractivity contribution in [1.82, 2.24) is 0 Å². The van der Waals surface area contributed by atoms with Crippen LogP contribution >= 0.6 is 11.6 Å². The maximum absolute atomic E-state index is 9.50. The van der Waals surface area contributed by atoms with Gasteiger partial charge in [-0.05, 0) is 18.8 Å². The Bertz CT molecular complexity index is 65.7. The highest BCUT2D eigenvalue weighted by Gasteiger charge is 2.17. The first-order chi connectivity index (χ1) is 4.80. The molecule has 2 unspecified atom stereocenters. The number of hydrogen-bond acceptors (Lipinski definition) is 0. The van der Waals surface area contributed by atoms with E-state index in [4.69, 9.17) is 11.6 Å². The summed E-state index contributed by atoms with van der Waals surface area (Å²) < 4.78 is 9.50. The monoisotopic (exact) mass is 166 g/mol. The van der Waals surface area contributed by atoms with E-state index in [-0.39, 0.29) is 0 Å². The van der Waals surface area contributed by atoms with Crippen LogP contribution in [0.2, 0.25) is 0 Å². The number of alkyl halides is 2. The van der Waals surface area contributed by atoms with E-state index in [0.717, 1.165) is 5.92 Å². The zero-order valence-electron chi connectivity index (χ0n) is 6.74. The van der Waals surface area contributed by atoms with Crippen molar-refractivity contribution in [2.75, 3.05) is 7.18 Å². The largest absolute Gasteiger partial charge is 0.255 e. The molecule has 62 valence electrons. The van der Waals surface area contributed by atoms with Crippen molar-refractivity contribution in [3.8, 4) is 0 Å². The lowest BCUT2D eigenvalue weighted by molar-refractivity contribution is 0.392. The molecule has 0 N–H and O–H groups in total. The second-order valence-electron chi connectivity index (χ2n) is 2.78. The molecule has 1 aliphatic carbocycles. The van der Waals surface area contributed by atoms with Crippen LogP contribution in [0.5, 0.6) is 0 Å². The van der Waals surface area contributed by atoms with E-state index in [2.05, 4.69) is 6.92 Å². The van der Waals surface area contributed by atoms with Crippen molar-refractivity contribution in [2.24, 2.45) is 5.92 Å². The number of hydrogen-bond donors (Lipinski definition) is 0. The molecular formula is C8H16ClF. The smallest absolute Gasteiger partial charge is 0.0785 e. The van der Waals surface area contributed by atoms with Crippen LogP contribution in [0.15, 0.2) is 0 Å². The van der Waals surface area contributed by atoms with E-state index in [1.54, 1.807) is 0 Å². The molecule has 1 rings (SSSR count). The van der Waals surface area contributed by atoms with Crippen molar-refractivity contribution in [3.63, 3.8) is 0 Å².